The quantitative estimate of drug-likeness (QED) is 0.570. The standard InChI is InChI=1S/C27H25N5O4S/c1-16-20-13-14-31(18-9-7-17(8-10-18)21-5-3-4-6-24(21)37(2,34)35)27(33)25(20)32(29-16)19-11-12-23-22(15-19)26(28)30-36-23/h3-12,15,22-23H,13-14H2,1-2H3,(H2,28,30). The average molecular weight is 516 g/mol. The Hall–Kier alpha value is -4.18. The van der Waals surface area contributed by atoms with E-state index in [4.69, 9.17) is 15.7 Å². The van der Waals surface area contributed by atoms with Gasteiger partial charge >= 0.3 is 0 Å². The van der Waals surface area contributed by atoms with Crippen LogP contribution in [0.3, 0.4) is 0 Å². The molecular formula is C27H25N5O4S. The smallest absolute Gasteiger partial charge is 0.277 e. The SMILES string of the molecule is Cc1nn(C2=CC3C(N)=NOC3C=C2)c2c1CCN(c1ccc(-c3ccccc3S(C)(=O)=O)cc1)C2=O. The second-order valence-corrected chi connectivity index (χ2v) is 11.4. The third kappa shape index (κ3) is 3.84. The van der Waals surface area contributed by atoms with E-state index in [2.05, 4.69) is 5.16 Å². The molecule has 2 atom stereocenters. The van der Waals surface area contributed by atoms with Crippen molar-refractivity contribution >= 4 is 33.0 Å². The lowest BCUT2D eigenvalue weighted by molar-refractivity contribution is 0.0973. The number of carbonyl (C=O) groups is 1. The first-order valence-corrected chi connectivity index (χ1v) is 13.8. The number of nitrogens with zero attached hydrogens (tertiary/aromatic N) is 4. The molecule has 0 fully saturated rings. The number of hydrogen-bond donors (Lipinski definition) is 1. The van der Waals surface area contributed by atoms with Gasteiger partial charge in [-0.1, -0.05) is 35.5 Å². The first kappa shape index (κ1) is 23.2. The van der Waals surface area contributed by atoms with Crippen LogP contribution in [0, 0.1) is 12.8 Å². The number of amidine groups is 1. The second kappa shape index (κ2) is 8.45. The molecule has 1 aliphatic carbocycles. The summed E-state index contributed by atoms with van der Waals surface area (Å²) in [6.07, 6.45) is 7.32. The van der Waals surface area contributed by atoms with Crippen LogP contribution in [0.25, 0.3) is 16.8 Å². The summed E-state index contributed by atoms with van der Waals surface area (Å²) in [6.45, 7) is 2.43. The molecule has 37 heavy (non-hydrogen) atoms. The van der Waals surface area contributed by atoms with E-state index in [0.717, 1.165) is 28.2 Å². The molecule has 0 bridgehead atoms. The number of anilines is 1. The van der Waals surface area contributed by atoms with Crippen LogP contribution in [0.15, 0.2) is 76.8 Å². The third-order valence-electron chi connectivity index (χ3n) is 7.02. The molecule has 2 aliphatic heterocycles. The minimum Gasteiger partial charge on any atom is -0.386 e. The Labute approximate surface area is 214 Å². The zero-order valence-corrected chi connectivity index (χ0v) is 21.1. The predicted molar refractivity (Wildman–Crippen MR) is 141 cm³/mol. The van der Waals surface area contributed by atoms with Crippen molar-refractivity contribution in [3.05, 3.63) is 83.7 Å². The highest BCUT2D eigenvalue weighted by Crippen LogP contribution is 2.34. The number of amides is 1. The number of hydrogen-bond acceptors (Lipinski definition) is 7. The number of nitrogens with two attached hydrogens (primary N) is 1. The zero-order chi connectivity index (χ0) is 25.9. The normalized spacial score (nSPS) is 20.7. The Kier molecular flexibility index (Phi) is 5.30. The van der Waals surface area contributed by atoms with Crippen molar-refractivity contribution < 1.29 is 18.0 Å². The molecule has 10 heteroatoms. The number of aromatic nitrogens is 2. The maximum Gasteiger partial charge on any atom is 0.277 e. The first-order chi connectivity index (χ1) is 17.7. The van der Waals surface area contributed by atoms with E-state index < -0.39 is 9.84 Å². The first-order valence-electron chi connectivity index (χ1n) is 11.9. The number of rotatable bonds is 4. The summed E-state index contributed by atoms with van der Waals surface area (Å²) in [6, 6.07) is 14.3. The number of aryl methyl sites for hydroxylation is 1. The number of oxime groups is 1. The van der Waals surface area contributed by atoms with E-state index in [1.54, 1.807) is 27.8 Å². The van der Waals surface area contributed by atoms with Crippen LogP contribution in [-0.4, -0.2) is 48.8 Å². The maximum absolute atomic E-state index is 13.8. The van der Waals surface area contributed by atoms with Crippen LogP contribution in [0.1, 0.15) is 21.7 Å². The lowest BCUT2D eigenvalue weighted by Gasteiger charge is -2.28. The van der Waals surface area contributed by atoms with Crippen LogP contribution < -0.4 is 10.6 Å². The van der Waals surface area contributed by atoms with Crippen LogP contribution in [-0.2, 0) is 21.1 Å². The molecule has 3 aliphatic rings. The summed E-state index contributed by atoms with van der Waals surface area (Å²) in [5.74, 6) is 0.0549. The van der Waals surface area contributed by atoms with Crippen molar-refractivity contribution in [3.8, 4) is 11.1 Å². The number of carbonyl (C=O) groups excluding carboxylic acids is 1. The van der Waals surface area contributed by atoms with Crippen molar-refractivity contribution in [2.75, 3.05) is 17.7 Å². The van der Waals surface area contributed by atoms with Crippen LogP contribution >= 0.6 is 0 Å². The van der Waals surface area contributed by atoms with E-state index in [9.17, 15) is 13.2 Å². The van der Waals surface area contributed by atoms with Crippen molar-refractivity contribution in [1.82, 2.24) is 9.78 Å². The summed E-state index contributed by atoms with van der Waals surface area (Å²) in [5.41, 5.74) is 11.1. The molecule has 6 rings (SSSR count). The molecule has 2 unspecified atom stereocenters. The Morgan fingerprint density at radius 3 is 2.62 bits per heavy atom. The molecule has 2 N–H and O–H groups in total. The lowest BCUT2D eigenvalue weighted by atomic mass is 9.95. The van der Waals surface area contributed by atoms with E-state index >= 15 is 0 Å². The molecule has 1 aromatic heterocycles. The van der Waals surface area contributed by atoms with E-state index in [1.165, 1.54) is 6.26 Å². The lowest BCUT2D eigenvalue weighted by Crippen LogP contribution is -2.39. The Morgan fingerprint density at radius 1 is 1.11 bits per heavy atom. The Bertz CT molecular complexity index is 1630. The third-order valence-corrected chi connectivity index (χ3v) is 8.18. The molecule has 0 saturated carbocycles. The summed E-state index contributed by atoms with van der Waals surface area (Å²) in [4.78, 5) is 21.1. The van der Waals surface area contributed by atoms with Gasteiger partial charge in [0.05, 0.1) is 22.2 Å². The van der Waals surface area contributed by atoms with Gasteiger partial charge in [0.25, 0.3) is 5.91 Å². The zero-order valence-electron chi connectivity index (χ0n) is 20.3. The van der Waals surface area contributed by atoms with Gasteiger partial charge in [-0.2, -0.15) is 5.10 Å². The minimum atomic E-state index is -3.38. The second-order valence-electron chi connectivity index (χ2n) is 9.41. The summed E-state index contributed by atoms with van der Waals surface area (Å²) in [7, 11) is -3.38. The number of sulfone groups is 1. The fourth-order valence-electron chi connectivity index (χ4n) is 5.14. The van der Waals surface area contributed by atoms with Crippen molar-refractivity contribution in [2.45, 2.75) is 24.3 Å². The van der Waals surface area contributed by atoms with Crippen LogP contribution in [0.2, 0.25) is 0 Å². The molecule has 0 radical (unpaired) electrons. The topological polar surface area (TPSA) is 120 Å². The molecule has 3 heterocycles. The highest BCUT2D eigenvalue weighted by Gasteiger charge is 2.36. The number of benzene rings is 2. The molecule has 3 aromatic rings. The Balaban J connectivity index is 1.34. The van der Waals surface area contributed by atoms with Crippen molar-refractivity contribution in [1.29, 1.82) is 0 Å². The van der Waals surface area contributed by atoms with E-state index in [1.807, 2.05) is 55.5 Å². The van der Waals surface area contributed by atoms with Crippen molar-refractivity contribution in [2.24, 2.45) is 16.8 Å². The predicted octanol–water partition coefficient (Wildman–Crippen LogP) is 3.16. The summed E-state index contributed by atoms with van der Waals surface area (Å²) >= 11 is 0. The maximum atomic E-state index is 13.8. The highest BCUT2D eigenvalue weighted by atomic mass is 32.2. The average Bonchev–Trinajstić information content (AvgIpc) is 3.43. The van der Waals surface area contributed by atoms with Gasteiger partial charge in [-0.3, -0.25) is 4.79 Å². The van der Waals surface area contributed by atoms with Gasteiger partial charge in [0.15, 0.2) is 21.8 Å². The minimum absolute atomic E-state index is 0.146. The van der Waals surface area contributed by atoms with Gasteiger partial charge < -0.3 is 15.5 Å². The fraction of sp³-hybridized carbons (Fsp3) is 0.222. The molecular weight excluding hydrogens is 490 g/mol. The Morgan fingerprint density at radius 2 is 1.86 bits per heavy atom. The molecule has 2 aromatic carbocycles. The molecule has 188 valence electrons. The summed E-state index contributed by atoms with van der Waals surface area (Å²) in [5, 5.41) is 8.57. The molecule has 0 saturated heterocycles. The van der Waals surface area contributed by atoms with E-state index in [0.29, 0.717) is 30.1 Å². The van der Waals surface area contributed by atoms with Gasteiger partial charge in [0.1, 0.15) is 5.69 Å². The monoisotopic (exact) mass is 515 g/mol. The summed E-state index contributed by atoms with van der Waals surface area (Å²) < 4.78 is 26.2. The van der Waals surface area contributed by atoms with Gasteiger partial charge in [-0.25, -0.2) is 13.1 Å². The largest absolute Gasteiger partial charge is 0.386 e. The van der Waals surface area contributed by atoms with Crippen LogP contribution in [0.4, 0.5) is 5.69 Å². The number of allylic oxidation sites excluding steroid dienone is 2. The van der Waals surface area contributed by atoms with Gasteiger partial charge in [0.2, 0.25) is 0 Å². The van der Waals surface area contributed by atoms with Gasteiger partial charge in [0, 0.05) is 29.6 Å². The molecule has 1 amide bonds. The van der Waals surface area contributed by atoms with Gasteiger partial charge in [-0.05, 0) is 55.3 Å². The van der Waals surface area contributed by atoms with Gasteiger partial charge in [-0.15, -0.1) is 0 Å². The molecule has 9 nitrogen and oxygen atoms in total. The number of fused-ring (bicyclic) bond motifs is 2. The fourth-order valence-corrected chi connectivity index (χ4v) is 6.05. The van der Waals surface area contributed by atoms with E-state index in [-0.39, 0.29) is 22.8 Å². The van der Waals surface area contributed by atoms with Crippen LogP contribution in [0.5, 0.6) is 0 Å². The molecule has 0 spiro atoms. The highest BCUT2D eigenvalue weighted by molar-refractivity contribution is 7.90. The van der Waals surface area contributed by atoms with Crippen molar-refractivity contribution in [3.63, 3.8) is 0 Å².